The van der Waals surface area contributed by atoms with Crippen molar-refractivity contribution in [1.29, 1.82) is 0 Å². The molecule has 0 unspecified atom stereocenters. The van der Waals surface area contributed by atoms with Gasteiger partial charge in [0.25, 0.3) is 5.91 Å². The highest BCUT2D eigenvalue weighted by atomic mass is 127. The molecule has 154 valence electrons. The lowest BCUT2D eigenvalue weighted by Crippen LogP contribution is -2.49. The van der Waals surface area contributed by atoms with Crippen LogP contribution in [0.15, 0.2) is 36.4 Å². The van der Waals surface area contributed by atoms with Gasteiger partial charge >= 0.3 is 0 Å². The molecule has 0 saturated carbocycles. The second kappa shape index (κ2) is 9.25. The molecule has 3 heterocycles. The summed E-state index contributed by atoms with van der Waals surface area (Å²) in [5.74, 6) is 1.95. The molecule has 2 aliphatic rings. The van der Waals surface area contributed by atoms with Crippen LogP contribution >= 0.6 is 22.6 Å². The fourth-order valence-electron chi connectivity index (χ4n) is 3.89. The van der Waals surface area contributed by atoms with Crippen LogP contribution < -0.4 is 9.80 Å². The van der Waals surface area contributed by atoms with Gasteiger partial charge in [0.1, 0.15) is 0 Å². The van der Waals surface area contributed by atoms with Crippen LogP contribution in [0.3, 0.4) is 0 Å². The van der Waals surface area contributed by atoms with Crippen LogP contribution in [-0.4, -0.2) is 84.8 Å². The van der Waals surface area contributed by atoms with E-state index in [1.165, 1.54) is 0 Å². The van der Waals surface area contributed by atoms with Crippen molar-refractivity contribution in [2.45, 2.75) is 6.92 Å². The van der Waals surface area contributed by atoms with Gasteiger partial charge in [-0.2, -0.15) is 0 Å². The summed E-state index contributed by atoms with van der Waals surface area (Å²) >= 11 is 2.24. The fourth-order valence-corrected chi connectivity index (χ4v) is 4.43. The van der Waals surface area contributed by atoms with Gasteiger partial charge < -0.3 is 19.6 Å². The van der Waals surface area contributed by atoms with E-state index >= 15 is 0 Å². The monoisotopic (exact) mass is 506 g/mol. The average molecular weight is 506 g/mol. The molecular formula is C21H27IN6O. The smallest absolute Gasteiger partial charge is 0.254 e. The first-order chi connectivity index (χ1) is 14.1. The quantitative estimate of drug-likeness (QED) is 0.593. The molecule has 1 amide bonds. The molecule has 2 aliphatic heterocycles. The fraction of sp³-hybridized carbons (Fsp3) is 0.476. The van der Waals surface area contributed by atoms with Crippen molar-refractivity contribution in [1.82, 2.24) is 20.0 Å². The number of anilines is 2. The maximum Gasteiger partial charge on any atom is 0.254 e. The maximum absolute atomic E-state index is 12.7. The molecule has 0 radical (unpaired) electrons. The summed E-state index contributed by atoms with van der Waals surface area (Å²) < 4.78 is 1.08. The molecule has 2 aromatic rings. The van der Waals surface area contributed by atoms with Gasteiger partial charge in [-0.15, -0.1) is 10.2 Å². The number of rotatable bonds is 4. The molecule has 29 heavy (non-hydrogen) atoms. The van der Waals surface area contributed by atoms with Crippen LogP contribution in [0.4, 0.5) is 11.6 Å². The normalized spacial score (nSPS) is 18.2. The number of aromatic nitrogens is 2. The topological polar surface area (TPSA) is 55.8 Å². The lowest BCUT2D eigenvalue weighted by Gasteiger charge is -2.36. The molecular weight excluding hydrogens is 479 g/mol. The maximum atomic E-state index is 12.7. The Morgan fingerprint density at radius 3 is 2.00 bits per heavy atom. The minimum Gasteiger partial charge on any atom is -0.353 e. The van der Waals surface area contributed by atoms with Gasteiger partial charge in [0.2, 0.25) is 0 Å². The Kier molecular flexibility index (Phi) is 6.49. The Morgan fingerprint density at radius 2 is 1.48 bits per heavy atom. The van der Waals surface area contributed by atoms with Gasteiger partial charge in [-0.3, -0.25) is 4.79 Å². The lowest BCUT2D eigenvalue weighted by molar-refractivity contribution is 0.0746. The molecule has 2 saturated heterocycles. The largest absolute Gasteiger partial charge is 0.353 e. The van der Waals surface area contributed by atoms with Gasteiger partial charge in [-0.05, 0) is 59.5 Å². The molecule has 1 aromatic carbocycles. The van der Waals surface area contributed by atoms with Crippen LogP contribution in [0.25, 0.3) is 0 Å². The highest BCUT2D eigenvalue weighted by molar-refractivity contribution is 14.1. The SMILES string of the molecule is CCN1CCN(c2ccc(N3CCN(C(=O)c4cccc(I)c4)CC3)nn2)CC1. The Bertz CT molecular complexity index is 829. The second-order valence-electron chi connectivity index (χ2n) is 7.46. The second-order valence-corrected chi connectivity index (χ2v) is 8.71. The molecule has 4 rings (SSSR count). The first-order valence-electron chi connectivity index (χ1n) is 10.2. The number of halogens is 1. The van der Waals surface area contributed by atoms with Crippen molar-refractivity contribution in [2.24, 2.45) is 0 Å². The van der Waals surface area contributed by atoms with Crippen molar-refractivity contribution in [3.05, 3.63) is 45.5 Å². The summed E-state index contributed by atoms with van der Waals surface area (Å²) in [4.78, 5) is 21.6. The average Bonchev–Trinajstić information content (AvgIpc) is 2.79. The highest BCUT2D eigenvalue weighted by Crippen LogP contribution is 2.19. The van der Waals surface area contributed by atoms with Gasteiger partial charge in [-0.25, -0.2) is 0 Å². The Hall–Kier alpha value is -1.94. The van der Waals surface area contributed by atoms with E-state index in [2.05, 4.69) is 66.5 Å². The van der Waals surface area contributed by atoms with E-state index in [1.54, 1.807) is 0 Å². The van der Waals surface area contributed by atoms with E-state index in [9.17, 15) is 4.79 Å². The summed E-state index contributed by atoms with van der Waals surface area (Å²) in [7, 11) is 0. The zero-order valence-corrected chi connectivity index (χ0v) is 19.0. The highest BCUT2D eigenvalue weighted by Gasteiger charge is 2.24. The Labute approximate surface area is 185 Å². The first-order valence-corrected chi connectivity index (χ1v) is 11.3. The first kappa shape index (κ1) is 20.3. The third kappa shape index (κ3) is 4.80. The summed E-state index contributed by atoms with van der Waals surface area (Å²) in [6.45, 7) is 10.4. The van der Waals surface area contributed by atoms with E-state index in [0.717, 1.165) is 66.6 Å². The van der Waals surface area contributed by atoms with Gasteiger partial charge in [0.05, 0.1) is 0 Å². The molecule has 0 bridgehead atoms. The molecule has 1 aromatic heterocycles. The molecule has 2 fully saturated rings. The van der Waals surface area contributed by atoms with Crippen molar-refractivity contribution in [3.63, 3.8) is 0 Å². The van der Waals surface area contributed by atoms with E-state index < -0.39 is 0 Å². The standard InChI is InChI=1S/C21H27IN6O/c1-2-25-8-10-26(11-9-25)19-6-7-20(24-23-19)27-12-14-28(15-13-27)21(29)17-4-3-5-18(22)16-17/h3-7,16H,2,8-15H2,1H3. The summed E-state index contributed by atoms with van der Waals surface area (Å²) in [6.07, 6.45) is 0. The van der Waals surface area contributed by atoms with Crippen molar-refractivity contribution < 1.29 is 4.79 Å². The van der Waals surface area contributed by atoms with Crippen LogP contribution in [0, 0.1) is 3.57 Å². The molecule has 0 aliphatic carbocycles. The third-order valence-electron chi connectivity index (χ3n) is 5.74. The van der Waals surface area contributed by atoms with Crippen LogP contribution in [0.1, 0.15) is 17.3 Å². The minimum absolute atomic E-state index is 0.107. The Balaban J connectivity index is 1.32. The molecule has 8 heteroatoms. The molecule has 0 N–H and O–H groups in total. The number of benzene rings is 1. The predicted octanol–water partition coefficient (Wildman–Crippen LogP) is 2.19. The van der Waals surface area contributed by atoms with Gasteiger partial charge in [0, 0.05) is 61.5 Å². The number of hydrogen-bond acceptors (Lipinski definition) is 6. The van der Waals surface area contributed by atoms with E-state index in [-0.39, 0.29) is 5.91 Å². The van der Waals surface area contributed by atoms with Crippen molar-refractivity contribution in [2.75, 3.05) is 68.7 Å². The zero-order chi connectivity index (χ0) is 20.2. The van der Waals surface area contributed by atoms with Crippen LogP contribution in [0.2, 0.25) is 0 Å². The number of carbonyl (C=O) groups excluding carboxylic acids is 1. The number of hydrogen-bond donors (Lipinski definition) is 0. The number of amides is 1. The summed E-state index contributed by atoms with van der Waals surface area (Å²) in [6, 6.07) is 11.9. The zero-order valence-electron chi connectivity index (χ0n) is 16.8. The molecule has 0 atom stereocenters. The lowest BCUT2D eigenvalue weighted by atomic mass is 10.2. The van der Waals surface area contributed by atoms with Crippen molar-refractivity contribution in [3.8, 4) is 0 Å². The van der Waals surface area contributed by atoms with Gasteiger partial charge in [-0.1, -0.05) is 13.0 Å². The number of carbonyl (C=O) groups is 1. The number of piperazine rings is 2. The third-order valence-corrected chi connectivity index (χ3v) is 6.41. The van der Waals surface area contributed by atoms with E-state index in [0.29, 0.717) is 13.1 Å². The number of nitrogens with zero attached hydrogens (tertiary/aromatic N) is 6. The van der Waals surface area contributed by atoms with Gasteiger partial charge in [0.15, 0.2) is 11.6 Å². The van der Waals surface area contributed by atoms with Crippen molar-refractivity contribution >= 4 is 40.1 Å². The number of likely N-dealkylation sites (N-methyl/N-ethyl adjacent to an activating group) is 1. The van der Waals surface area contributed by atoms with E-state index in [4.69, 9.17) is 0 Å². The summed E-state index contributed by atoms with van der Waals surface area (Å²) in [5.41, 5.74) is 0.762. The van der Waals surface area contributed by atoms with E-state index in [1.807, 2.05) is 29.2 Å². The predicted molar refractivity (Wildman–Crippen MR) is 124 cm³/mol. The molecule has 7 nitrogen and oxygen atoms in total. The Morgan fingerprint density at radius 1 is 0.897 bits per heavy atom. The van der Waals surface area contributed by atoms with Crippen LogP contribution in [0.5, 0.6) is 0 Å². The molecule has 0 spiro atoms. The van der Waals surface area contributed by atoms with Crippen LogP contribution in [-0.2, 0) is 0 Å². The summed E-state index contributed by atoms with van der Waals surface area (Å²) in [5, 5.41) is 8.95. The minimum atomic E-state index is 0.107.